The number of para-hydroxylation sites is 1. The van der Waals surface area contributed by atoms with E-state index in [1.807, 2.05) is 48.5 Å². The lowest BCUT2D eigenvalue weighted by Crippen LogP contribution is -2.58. The highest BCUT2D eigenvalue weighted by molar-refractivity contribution is 7.07. The summed E-state index contributed by atoms with van der Waals surface area (Å²) in [6.45, 7) is 3.73. The second kappa shape index (κ2) is 8.50. The molecule has 182 valence electrons. The third kappa shape index (κ3) is 3.60. The second-order valence-electron chi connectivity index (χ2n) is 8.76. The van der Waals surface area contributed by atoms with Crippen LogP contribution in [-0.2, 0) is 9.53 Å². The van der Waals surface area contributed by atoms with Crippen molar-refractivity contribution < 1.29 is 18.7 Å². The van der Waals surface area contributed by atoms with E-state index in [2.05, 4.69) is 0 Å². The van der Waals surface area contributed by atoms with Crippen LogP contribution in [0.3, 0.4) is 0 Å². The van der Waals surface area contributed by atoms with Crippen molar-refractivity contribution >= 4 is 35.0 Å². The van der Waals surface area contributed by atoms with E-state index in [0.29, 0.717) is 31.6 Å². The van der Waals surface area contributed by atoms with Crippen molar-refractivity contribution in [3.05, 3.63) is 96.7 Å². The Morgan fingerprint density at radius 3 is 2.86 bits per heavy atom. The van der Waals surface area contributed by atoms with Crippen LogP contribution in [0.15, 0.2) is 74.9 Å². The Balaban J connectivity index is 1.50. The molecule has 0 aliphatic carbocycles. The van der Waals surface area contributed by atoms with Crippen molar-refractivity contribution in [3.8, 4) is 17.1 Å². The summed E-state index contributed by atoms with van der Waals surface area (Å²) in [5, 5.41) is 0.610. The lowest BCUT2D eigenvalue weighted by atomic mass is 9.81. The Hall–Kier alpha value is -3.62. The molecule has 7 nitrogen and oxygen atoms in total. The lowest BCUT2D eigenvalue weighted by molar-refractivity contribution is -0.160. The molecule has 4 aromatic rings. The molecule has 0 saturated heterocycles. The van der Waals surface area contributed by atoms with Gasteiger partial charge in [-0.3, -0.25) is 14.2 Å². The Labute approximate surface area is 214 Å². The zero-order chi connectivity index (χ0) is 25.0. The molecular formula is C27H21ClN2O5S. The first-order valence-corrected chi connectivity index (χ1v) is 12.7. The normalized spacial score (nSPS) is 22.2. The number of ether oxygens (including phenoxy) is 2. The van der Waals surface area contributed by atoms with Gasteiger partial charge >= 0.3 is 5.97 Å². The van der Waals surface area contributed by atoms with Gasteiger partial charge in [-0.2, -0.15) is 0 Å². The number of carbonyl (C=O) groups is 1. The number of rotatable bonds is 4. The summed E-state index contributed by atoms with van der Waals surface area (Å²) in [6.07, 6.45) is 1.69. The maximum Gasteiger partial charge on any atom is 0.317 e. The van der Waals surface area contributed by atoms with Crippen molar-refractivity contribution in [2.75, 3.05) is 6.61 Å². The molecule has 0 saturated carbocycles. The van der Waals surface area contributed by atoms with E-state index in [1.165, 1.54) is 11.3 Å². The number of fused-ring (bicyclic) bond motifs is 6. The Kier molecular flexibility index (Phi) is 5.39. The highest BCUT2D eigenvalue weighted by atomic mass is 35.5. The van der Waals surface area contributed by atoms with E-state index in [9.17, 15) is 9.59 Å². The van der Waals surface area contributed by atoms with Crippen LogP contribution in [0.2, 0.25) is 5.02 Å². The van der Waals surface area contributed by atoms with Crippen LogP contribution >= 0.6 is 22.9 Å². The zero-order valence-electron chi connectivity index (χ0n) is 19.4. The molecule has 2 bridgehead atoms. The summed E-state index contributed by atoms with van der Waals surface area (Å²) >= 11 is 7.35. The highest BCUT2D eigenvalue weighted by Crippen LogP contribution is 2.47. The average molecular weight is 521 g/mol. The number of furan rings is 1. The number of nitrogens with zero attached hydrogens (tertiary/aromatic N) is 2. The fraction of sp³-hybridized carbons (Fsp3) is 0.222. The molecule has 0 unspecified atom stereocenters. The minimum atomic E-state index is -1.20. The summed E-state index contributed by atoms with van der Waals surface area (Å²) in [4.78, 5) is 32.1. The Bertz CT molecular complexity index is 1690. The van der Waals surface area contributed by atoms with Gasteiger partial charge in [-0.15, -0.1) is 0 Å². The molecular weight excluding hydrogens is 500 g/mol. The number of hydrogen-bond donors (Lipinski definition) is 0. The van der Waals surface area contributed by atoms with E-state index in [0.717, 1.165) is 11.1 Å². The number of carbonyl (C=O) groups excluding carboxylic acids is 1. The maximum atomic E-state index is 13.7. The molecule has 2 aliphatic rings. The van der Waals surface area contributed by atoms with Crippen molar-refractivity contribution in [1.82, 2.24) is 4.57 Å². The molecule has 3 atom stereocenters. The quantitative estimate of drug-likeness (QED) is 0.377. The first kappa shape index (κ1) is 22.8. The predicted octanol–water partition coefficient (Wildman–Crippen LogP) is 4.16. The van der Waals surface area contributed by atoms with Crippen LogP contribution < -0.4 is 19.6 Å². The van der Waals surface area contributed by atoms with E-state index in [-0.39, 0.29) is 12.2 Å². The summed E-state index contributed by atoms with van der Waals surface area (Å²) in [6, 6.07) is 17.8. The van der Waals surface area contributed by atoms with E-state index in [4.69, 9.17) is 30.5 Å². The van der Waals surface area contributed by atoms with Gasteiger partial charge in [0.25, 0.3) is 5.56 Å². The van der Waals surface area contributed by atoms with Gasteiger partial charge < -0.3 is 13.9 Å². The third-order valence-corrected chi connectivity index (χ3v) is 7.65. The summed E-state index contributed by atoms with van der Waals surface area (Å²) < 4.78 is 19.6. The molecule has 9 heteroatoms. The van der Waals surface area contributed by atoms with Gasteiger partial charge in [0.15, 0.2) is 4.80 Å². The predicted molar refractivity (Wildman–Crippen MR) is 136 cm³/mol. The SMILES string of the molecule is CCOC(=O)[C@H]1[C@@H]2c3ccccc3O[C@]1(C)N=c1s/c(=C/c3ccc(-c4cccc(Cl)c4)o3)c(=O)n12. The largest absolute Gasteiger partial charge is 0.466 e. The molecule has 0 amide bonds. The first-order chi connectivity index (χ1) is 17.4. The molecule has 0 fully saturated rings. The van der Waals surface area contributed by atoms with Gasteiger partial charge in [-0.05, 0) is 44.2 Å². The van der Waals surface area contributed by atoms with Crippen molar-refractivity contribution in [2.45, 2.75) is 25.6 Å². The van der Waals surface area contributed by atoms with Crippen LogP contribution in [0.5, 0.6) is 5.75 Å². The Morgan fingerprint density at radius 2 is 2.06 bits per heavy atom. The summed E-state index contributed by atoms with van der Waals surface area (Å²) in [5.41, 5.74) is 0.131. The first-order valence-electron chi connectivity index (χ1n) is 11.5. The molecule has 0 spiro atoms. The van der Waals surface area contributed by atoms with Crippen molar-refractivity contribution in [1.29, 1.82) is 0 Å². The molecule has 0 N–H and O–H groups in total. The van der Waals surface area contributed by atoms with Gasteiger partial charge in [-0.1, -0.05) is 53.3 Å². The second-order valence-corrected chi connectivity index (χ2v) is 10.2. The van der Waals surface area contributed by atoms with E-state index < -0.39 is 23.7 Å². The number of esters is 1. The zero-order valence-corrected chi connectivity index (χ0v) is 21.0. The molecule has 6 rings (SSSR count). The fourth-order valence-electron chi connectivity index (χ4n) is 4.89. The van der Waals surface area contributed by atoms with Gasteiger partial charge in [0.05, 0.1) is 17.2 Å². The average Bonchev–Trinajstić information content (AvgIpc) is 3.43. The number of thiazole rings is 1. The topological polar surface area (TPSA) is 83.0 Å². The number of benzene rings is 2. The molecule has 2 aromatic heterocycles. The van der Waals surface area contributed by atoms with E-state index >= 15 is 0 Å². The summed E-state index contributed by atoms with van der Waals surface area (Å²) in [7, 11) is 0. The fourth-order valence-corrected chi connectivity index (χ4v) is 6.16. The van der Waals surface area contributed by atoms with Gasteiger partial charge in [0.1, 0.15) is 23.2 Å². The van der Waals surface area contributed by atoms with Crippen LogP contribution in [0.1, 0.15) is 31.2 Å². The molecule has 2 aromatic carbocycles. The van der Waals surface area contributed by atoms with E-state index in [1.54, 1.807) is 36.6 Å². The van der Waals surface area contributed by atoms with Gasteiger partial charge in [0, 0.05) is 22.2 Å². The van der Waals surface area contributed by atoms with Crippen molar-refractivity contribution in [3.63, 3.8) is 0 Å². The number of aromatic nitrogens is 1. The highest BCUT2D eigenvalue weighted by Gasteiger charge is 2.55. The third-order valence-electron chi connectivity index (χ3n) is 6.43. The minimum absolute atomic E-state index is 0.220. The molecule has 0 radical (unpaired) electrons. The molecule has 36 heavy (non-hydrogen) atoms. The number of halogens is 1. The van der Waals surface area contributed by atoms with Crippen LogP contribution in [0.4, 0.5) is 0 Å². The van der Waals surface area contributed by atoms with Crippen LogP contribution in [0, 0.1) is 5.92 Å². The smallest absolute Gasteiger partial charge is 0.317 e. The maximum absolute atomic E-state index is 13.7. The molecule has 4 heterocycles. The van der Waals surface area contributed by atoms with Crippen LogP contribution in [0.25, 0.3) is 17.4 Å². The monoisotopic (exact) mass is 520 g/mol. The lowest BCUT2D eigenvalue weighted by Gasteiger charge is -2.44. The van der Waals surface area contributed by atoms with Gasteiger partial charge in [-0.25, -0.2) is 4.99 Å². The van der Waals surface area contributed by atoms with Crippen LogP contribution in [-0.4, -0.2) is 22.9 Å². The van der Waals surface area contributed by atoms with Crippen molar-refractivity contribution in [2.24, 2.45) is 10.9 Å². The minimum Gasteiger partial charge on any atom is -0.466 e. The number of hydrogen-bond acceptors (Lipinski definition) is 7. The summed E-state index contributed by atoms with van der Waals surface area (Å²) in [5.74, 6) is 0.505. The standard InChI is InChI=1S/C27H21ClN2O5S/c1-3-33-25(32)22-23-18-9-4-5-10-20(18)35-27(22,2)29-26-30(23)24(31)21(36-26)14-17-11-12-19(34-17)15-7-6-8-16(28)13-15/h4-14,22-23H,3H2,1-2H3/b21-14+/t22-,23+,27+/m1/s1. The Morgan fingerprint density at radius 1 is 1.22 bits per heavy atom. The van der Waals surface area contributed by atoms with Gasteiger partial charge in [0.2, 0.25) is 5.72 Å². The molecule has 2 aliphatic heterocycles.